The fourth-order valence-electron chi connectivity index (χ4n) is 2.07. The van der Waals surface area contributed by atoms with E-state index >= 15 is 0 Å². The highest BCUT2D eigenvalue weighted by molar-refractivity contribution is 8.14. The van der Waals surface area contributed by atoms with Gasteiger partial charge in [-0.3, -0.25) is 0 Å². The summed E-state index contributed by atoms with van der Waals surface area (Å²) in [4.78, 5) is 7.03. The summed E-state index contributed by atoms with van der Waals surface area (Å²) in [6.07, 6.45) is 0. The highest BCUT2D eigenvalue weighted by Gasteiger charge is 2.20. The summed E-state index contributed by atoms with van der Waals surface area (Å²) in [6.45, 7) is 3.14. The third kappa shape index (κ3) is 2.82. The van der Waals surface area contributed by atoms with Gasteiger partial charge in [-0.2, -0.15) is 0 Å². The minimum atomic E-state index is 1.02. The topological polar surface area (TPSA) is 15.6 Å². The average molecular weight is 268 g/mol. The highest BCUT2D eigenvalue weighted by Crippen LogP contribution is 2.27. The first-order valence-corrected chi connectivity index (χ1v) is 7.42. The van der Waals surface area contributed by atoms with E-state index in [9.17, 15) is 0 Å². The second-order valence-electron chi connectivity index (χ2n) is 4.57. The zero-order valence-electron chi connectivity index (χ0n) is 10.9. The first-order valence-electron chi connectivity index (χ1n) is 6.44. The number of nitrogens with zero attached hydrogens (tertiary/aromatic N) is 2. The quantitative estimate of drug-likeness (QED) is 0.809. The predicted octanol–water partition coefficient (Wildman–Crippen LogP) is 4.24. The molecule has 1 saturated heterocycles. The number of aliphatic imine (C=N–C) groups is 1. The van der Waals surface area contributed by atoms with Gasteiger partial charge >= 0.3 is 0 Å². The van der Waals surface area contributed by atoms with Gasteiger partial charge in [0.1, 0.15) is 0 Å². The maximum absolute atomic E-state index is 4.74. The largest absolute Gasteiger partial charge is 0.320 e. The first-order chi connectivity index (χ1) is 9.33. The Hall–Kier alpha value is -1.74. The SMILES string of the molecule is Cc1ccc(N2CCSC2=Nc2ccccc2)cc1. The molecular formula is C16H16N2S. The summed E-state index contributed by atoms with van der Waals surface area (Å²) in [6, 6.07) is 18.8. The third-order valence-corrected chi connectivity index (χ3v) is 4.06. The molecule has 0 radical (unpaired) electrons. The summed E-state index contributed by atoms with van der Waals surface area (Å²) in [5.74, 6) is 1.10. The first kappa shape index (κ1) is 12.3. The molecule has 96 valence electrons. The molecule has 0 unspecified atom stereocenters. The molecule has 2 aromatic rings. The number of thioether (sulfide) groups is 1. The summed E-state index contributed by atoms with van der Waals surface area (Å²) in [5.41, 5.74) is 3.53. The van der Waals surface area contributed by atoms with Crippen molar-refractivity contribution in [2.75, 3.05) is 17.2 Å². The van der Waals surface area contributed by atoms with Crippen LogP contribution in [0.5, 0.6) is 0 Å². The second-order valence-corrected chi connectivity index (χ2v) is 5.63. The number of anilines is 1. The van der Waals surface area contributed by atoms with Crippen molar-refractivity contribution in [1.82, 2.24) is 0 Å². The van der Waals surface area contributed by atoms with Gasteiger partial charge in [0.05, 0.1) is 5.69 Å². The van der Waals surface area contributed by atoms with Gasteiger partial charge in [-0.05, 0) is 31.2 Å². The number of aryl methyl sites for hydroxylation is 1. The standard InChI is InChI=1S/C16H16N2S/c1-13-7-9-15(10-8-13)18-11-12-19-16(18)17-14-5-3-2-4-6-14/h2-10H,11-12H2,1H3. The lowest BCUT2D eigenvalue weighted by atomic mass is 10.2. The Morgan fingerprint density at radius 2 is 1.74 bits per heavy atom. The van der Waals surface area contributed by atoms with Crippen LogP contribution >= 0.6 is 11.8 Å². The summed E-state index contributed by atoms with van der Waals surface area (Å²) < 4.78 is 0. The Morgan fingerprint density at radius 1 is 1.00 bits per heavy atom. The van der Waals surface area contributed by atoms with Crippen LogP contribution in [0.25, 0.3) is 0 Å². The van der Waals surface area contributed by atoms with Gasteiger partial charge in [0.2, 0.25) is 0 Å². The van der Waals surface area contributed by atoms with Crippen molar-refractivity contribution in [3.05, 3.63) is 60.2 Å². The lowest BCUT2D eigenvalue weighted by Crippen LogP contribution is -2.23. The Labute approximate surface area is 118 Å². The van der Waals surface area contributed by atoms with Crippen LogP contribution in [0.3, 0.4) is 0 Å². The molecule has 0 saturated carbocycles. The summed E-state index contributed by atoms with van der Waals surface area (Å²) in [7, 11) is 0. The lowest BCUT2D eigenvalue weighted by Gasteiger charge is -2.18. The van der Waals surface area contributed by atoms with E-state index < -0.39 is 0 Å². The van der Waals surface area contributed by atoms with E-state index in [1.165, 1.54) is 11.3 Å². The lowest BCUT2D eigenvalue weighted by molar-refractivity contribution is 1.10. The van der Waals surface area contributed by atoms with Crippen molar-refractivity contribution < 1.29 is 0 Å². The van der Waals surface area contributed by atoms with Gasteiger partial charge in [0.25, 0.3) is 0 Å². The number of amidine groups is 1. The molecule has 0 atom stereocenters. The van der Waals surface area contributed by atoms with Crippen molar-refractivity contribution in [3.8, 4) is 0 Å². The normalized spacial score (nSPS) is 17.1. The number of hydrogen-bond donors (Lipinski definition) is 0. The van der Waals surface area contributed by atoms with E-state index in [1.807, 2.05) is 42.1 Å². The van der Waals surface area contributed by atoms with E-state index in [4.69, 9.17) is 4.99 Å². The smallest absolute Gasteiger partial charge is 0.168 e. The number of benzene rings is 2. The number of rotatable bonds is 2. The Kier molecular flexibility index (Phi) is 3.56. The molecule has 0 aromatic heterocycles. The van der Waals surface area contributed by atoms with Crippen molar-refractivity contribution in [3.63, 3.8) is 0 Å². The van der Waals surface area contributed by atoms with Crippen molar-refractivity contribution in [2.45, 2.75) is 6.92 Å². The minimum absolute atomic E-state index is 1.02. The van der Waals surface area contributed by atoms with Crippen LogP contribution in [0.2, 0.25) is 0 Å². The number of para-hydroxylation sites is 1. The maximum Gasteiger partial charge on any atom is 0.168 e. The van der Waals surface area contributed by atoms with Crippen molar-refractivity contribution in [1.29, 1.82) is 0 Å². The van der Waals surface area contributed by atoms with Crippen LogP contribution in [0, 0.1) is 6.92 Å². The van der Waals surface area contributed by atoms with E-state index in [0.717, 1.165) is 23.2 Å². The molecule has 1 heterocycles. The predicted molar refractivity (Wildman–Crippen MR) is 84.5 cm³/mol. The molecule has 0 bridgehead atoms. The van der Waals surface area contributed by atoms with Crippen LogP contribution < -0.4 is 4.90 Å². The van der Waals surface area contributed by atoms with Gasteiger partial charge in [-0.25, -0.2) is 4.99 Å². The molecule has 3 heteroatoms. The van der Waals surface area contributed by atoms with Crippen LogP contribution in [0.4, 0.5) is 11.4 Å². The fourth-order valence-corrected chi connectivity index (χ4v) is 3.05. The summed E-state index contributed by atoms with van der Waals surface area (Å²) >= 11 is 1.82. The van der Waals surface area contributed by atoms with Gasteiger partial charge < -0.3 is 4.90 Å². The van der Waals surface area contributed by atoms with Crippen molar-refractivity contribution in [2.24, 2.45) is 4.99 Å². The average Bonchev–Trinajstić information content (AvgIpc) is 2.89. The Morgan fingerprint density at radius 3 is 2.47 bits per heavy atom. The maximum atomic E-state index is 4.74. The molecule has 0 aliphatic carbocycles. The van der Waals surface area contributed by atoms with Crippen LogP contribution in [-0.2, 0) is 0 Å². The Bertz CT molecular complexity index is 575. The molecule has 0 N–H and O–H groups in total. The molecule has 3 rings (SSSR count). The number of hydrogen-bond acceptors (Lipinski definition) is 2. The van der Waals surface area contributed by atoms with Crippen LogP contribution in [0.1, 0.15) is 5.56 Å². The molecule has 0 amide bonds. The van der Waals surface area contributed by atoms with E-state index in [2.05, 4.69) is 36.1 Å². The van der Waals surface area contributed by atoms with E-state index in [-0.39, 0.29) is 0 Å². The second kappa shape index (κ2) is 5.49. The molecule has 2 aromatic carbocycles. The van der Waals surface area contributed by atoms with Gasteiger partial charge in [0, 0.05) is 18.0 Å². The molecule has 1 fully saturated rings. The molecule has 2 nitrogen and oxygen atoms in total. The highest BCUT2D eigenvalue weighted by atomic mass is 32.2. The van der Waals surface area contributed by atoms with Gasteiger partial charge in [-0.1, -0.05) is 47.7 Å². The molecular weight excluding hydrogens is 252 g/mol. The molecule has 19 heavy (non-hydrogen) atoms. The van der Waals surface area contributed by atoms with E-state index in [1.54, 1.807) is 0 Å². The molecule has 0 spiro atoms. The van der Waals surface area contributed by atoms with Crippen LogP contribution in [0.15, 0.2) is 59.6 Å². The van der Waals surface area contributed by atoms with Crippen molar-refractivity contribution >= 4 is 28.3 Å². The van der Waals surface area contributed by atoms with E-state index in [0.29, 0.717) is 0 Å². The van der Waals surface area contributed by atoms with Gasteiger partial charge in [-0.15, -0.1) is 0 Å². The zero-order valence-corrected chi connectivity index (χ0v) is 11.7. The van der Waals surface area contributed by atoms with Gasteiger partial charge in [0.15, 0.2) is 5.17 Å². The minimum Gasteiger partial charge on any atom is -0.320 e. The zero-order chi connectivity index (χ0) is 13.1. The summed E-state index contributed by atoms with van der Waals surface area (Å²) in [5, 5.41) is 1.09. The molecule has 1 aliphatic rings. The fraction of sp³-hybridized carbons (Fsp3) is 0.188. The van der Waals surface area contributed by atoms with Crippen LogP contribution in [-0.4, -0.2) is 17.5 Å². The Balaban J connectivity index is 1.89. The molecule has 1 aliphatic heterocycles. The third-order valence-electron chi connectivity index (χ3n) is 3.10. The monoisotopic (exact) mass is 268 g/mol.